The van der Waals surface area contributed by atoms with Gasteiger partial charge in [0.05, 0.1) is 6.20 Å². The number of nitrogens with one attached hydrogen (secondary N) is 1. The fourth-order valence-electron chi connectivity index (χ4n) is 1.60. The van der Waals surface area contributed by atoms with Gasteiger partial charge in [-0.05, 0) is 32.4 Å². The van der Waals surface area contributed by atoms with E-state index in [2.05, 4.69) is 24.1 Å². The first-order chi connectivity index (χ1) is 7.86. The minimum absolute atomic E-state index is 0.893. The predicted octanol–water partition coefficient (Wildman–Crippen LogP) is 2.95. The average molecular weight is 224 g/mol. The van der Waals surface area contributed by atoms with Crippen LogP contribution in [0.5, 0.6) is 0 Å². The number of oxazole rings is 1. The molecule has 92 valence electrons. The van der Waals surface area contributed by atoms with Crippen molar-refractivity contribution in [3.8, 4) is 0 Å². The van der Waals surface area contributed by atoms with Gasteiger partial charge in [0.1, 0.15) is 5.76 Å². The third kappa shape index (κ3) is 5.31. The van der Waals surface area contributed by atoms with Gasteiger partial charge >= 0.3 is 0 Å². The second kappa shape index (κ2) is 8.34. The fourth-order valence-corrected chi connectivity index (χ4v) is 1.60. The van der Waals surface area contributed by atoms with E-state index >= 15 is 0 Å². The molecule has 1 heterocycles. The van der Waals surface area contributed by atoms with Crippen molar-refractivity contribution in [3.05, 3.63) is 17.8 Å². The summed E-state index contributed by atoms with van der Waals surface area (Å²) in [7, 11) is 0. The Balaban J connectivity index is 2.14. The number of unbranched alkanes of at least 4 members (excludes halogenated alkanes) is 1. The van der Waals surface area contributed by atoms with Crippen LogP contribution in [-0.2, 0) is 12.8 Å². The molecule has 16 heavy (non-hydrogen) atoms. The molecule has 0 saturated heterocycles. The molecule has 0 spiro atoms. The van der Waals surface area contributed by atoms with Crippen molar-refractivity contribution >= 4 is 0 Å². The van der Waals surface area contributed by atoms with Crippen molar-refractivity contribution in [1.82, 2.24) is 10.3 Å². The Kier molecular flexibility index (Phi) is 6.90. The summed E-state index contributed by atoms with van der Waals surface area (Å²) in [6.07, 6.45) is 8.54. The molecule has 0 amide bonds. The Morgan fingerprint density at radius 2 is 2.00 bits per heavy atom. The van der Waals surface area contributed by atoms with Crippen molar-refractivity contribution in [2.45, 2.75) is 52.4 Å². The van der Waals surface area contributed by atoms with Gasteiger partial charge in [0.15, 0.2) is 5.89 Å². The van der Waals surface area contributed by atoms with Gasteiger partial charge in [-0.15, -0.1) is 0 Å². The standard InChI is InChI=1S/C13H24N2O/c1-3-5-7-12-11-15-13(16-12)8-6-10-14-9-4-2/h11,14H,3-10H2,1-2H3. The number of nitrogens with zero attached hydrogens (tertiary/aromatic N) is 1. The van der Waals surface area contributed by atoms with E-state index in [4.69, 9.17) is 4.42 Å². The minimum atomic E-state index is 0.893. The van der Waals surface area contributed by atoms with E-state index in [1.807, 2.05) is 6.20 Å². The number of rotatable bonds is 9. The molecule has 0 saturated carbocycles. The maximum atomic E-state index is 5.65. The molecule has 0 aliphatic rings. The average Bonchev–Trinajstić information content (AvgIpc) is 2.74. The van der Waals surface area contributed by atoms with Crippen molar-refractivity contribution in [2.75, 3.05) is 13.1 Å². The lowest BCUT2D eigenvalue weighted by Crippen LogP contribution is -2.16. The molecule has 0 aromatic carbocycles. The first kappa shape index (κ1) is 13.2. The summed E-state index contributed by atoms with van der Waals surface area (Å²) in [5.41, 5.74) is 0. The Morgan fingerprint density at radius 1 is 1.12 bits per heavy atom. The molecule has 0 fully saturated rings. The summed E-state index contributed by atoms with van der Waals surface area (Å²) in [5, 5.41) is 3.38. The molecule has 0 aliphatic heterocycles. The van der Waals surface area contributed by atoms with Crippen LogP contribution in [0.15, 0.2) is 10.6 Å². The van der Waals surface area contributed by atoms with E-state index in [1.54, 1.807) is 0 Å². The quantitative estimate of drug-likeness (QED) is 0.655. The molecule has 0 aliphatic carbocycles. The highest BCUT2D eigenvalue weighted by Crippen LogP contribution is 2.08. The Hall–Kier alpha value is -0.830. The fraction of sp³-hybridized carbons (Fsp3) is 0.769. The molecule has 0 radical (unpaired) electrons. The molecule has 0 unspecified atom stereocenters. The smallest absolute Gasteiger partial charge is 0.194 e. The maximum absolute atomic E-state index is 5.65. The van der Waals surface area contributed by atoms with Gasteiger partial charge in [-0.1, -0.05) is 20.3 Å². The molecule has 1 rings (SSSR count). The zero-order chi connectivity index (χ0) is 11.6. The van der Waals surface area contributed by atoms with Gasteiger partial charge in [0.25, 0.3) is 0 Å². The third-order valence-corrected chi connectivity index (χ3v) is 2.55. The molecular weight excluding hydrogens is 200 g/mol. The van der Waals surface area contributed by atoms with Crippen LogP contribution in [0.25, 0.3) is 0 Å². The van der Waals surface area contributed by atoms with Crippen molar-refractivity contribution < 1.29 is 4.42 Å². The van der Waals surface area contributed by atoms with Crippen LogP contribution in [0.4, 0.5) is 0 Å². The van der Waals surface area contributed by atoms with E-state index in [0.29, 0.717) is 0 Å². The second-order valence-electron chi connectivity index (χ2n) is 4.18. The summed E-state index contributed by atoms with van der Waals surface area (Å²) in [5.74, 6) is 1.93. The zero-order valence-electron chi connectivity index (χ0n) is 10.6. The van der Waals surface area contributed by atoms with E-state index in [9.17, 15) is 0 Å². The van der Waals surface area contributed by atoms with E-state index in [1.165, 1.54) is 19.3 Å². The molecule has 1 aromatic heterocycles. The lowest BCUT2D eigenvalue weighted by atomic mass is 10.2. The number of hydrogen-bond donors (Lipinski definition) is 1. The molecule has 1 N–H and O–H groups in total. The number of hydrogen-bond acceptors (Lipinski definition) is 3. The van der Waals surface area contributed by atoms with E-state index < -0.39 is 0 Å². The molecule has 1 aromatic rings. The summed E-state index contributed by atoms with van der Waals surface area (Å²) >= 11 is 0. The van der Waals surface area contributed by atoms with Crippen LogP contribution < -0.4 is 5.32 Å². The van der Waals surface area contributed by atoms with Crippen molar-refractivity contribution in [3.63, 3.8) is 0 Å². The minimum Gasteiger partial charge on any atom is -0.446 e. The molecule has 3 heteroatoms. The predicted molar refractivity (Wildman–Crippen MR) is 66.6 cm³/mol. The Labute approximate surface area is 98.6 Å². The van der Waals surface area contributed by atoms with Gasteiger partial charge in [-0.25, -0.2) is 4.98 Å². The van der Waals surface area contributed by atoms with E-state index in [0.717, 1.165) is 44.0 Å². The van der Waals surface area contributed by atoms with Crippen LogP contribution in [0.1, 0.15) is 51.2 Å². The van der Waals surface area contributed by atoms with Gasteiger partial charge in [-0.3, -0.25) is 0 Å². The SMILES string of the molecule is CCCCc1cnc(CCCNCCC)o1. The summed E-state index contributed by atoms with van der Waals surface area (Å²) in [4.78, 5) is 4.29. The highest BCUT2D eigenvalue weighted by atomic mass is 16.4. The van der Waals surface area contributed by atoms with Crippen LogP contribution in [0, 0.1) is 0 Å². The van der Waals surface area contributed by atoms with Crippen LogP contribution >= 0.6 is 0 Å². The number of aromatic nitrogens is 1. The molecule has 3 nitrogen and oxygen atoms in total. The first-order valence-corrected chi connectivity index (χ1v) is 6.51. The highest BCUT2D eigenvalue weighted by molar-refractivity contribution is 4.94. The monoisotopic (exact) mass is 224 g/mol. The Morgan fingerprint density at radius 3 is 2.75 bits per heavy atom. The lowest BCUT2D eigenvalue weighted by Gasteiger charge is -2.00. The molecule has 0 bridgehead atoms. The van der Waals surface area contributed by atoms with E-state index in [-0.39, 0.29) is 0 Å². The zero-order valence-corrected chi connectivity index (χ0v) is 10.6. The molecule has 0 atom stereocenters. The maximum Gasteiger partial charge on any atom is 0.194 e. The normalized spacial score (nSPS) is 10.9. The third-order valence-electron chi connectivity index (χ3n) is 2.55. The summed E-state index contributed by atoms with van der Waals surface area (Å²) in [6.45, 7) is 6.53. The summed E-state index contributed by atoms with van der Waals surface area (Å²) < 4.78 is 5.65. The number of aryl methyl sites for hydroxylation is 2. The van der Waals surface area contributed by atoms with Crippen molar-refractivity contribution in [1.29, 1.82) is 0 Å². The van der Waals surface area contributed by atoms with Crippen LogP contribution in [0.2, 0.25) is 0 Å². The lowest BCUT2D eigenvalue weighted by molar-refractivity contribution is 0.441. The summed E-state index contributed by atoms with van der Waals surface area (Å²) in [6, 6.07) is 0. The Bertz CT molecular complexity index is 271. The van der Waals surface area contributed by atoms with Crippen LogP contribution in [0.3, 0.4) is 0 Å². The molecular formula is C13H24N2O. The highest BCUT2D eigenvalue weighted by Gasteiger charge is 2.02. The van der Waals surface area contributed by atoms with Crippen molar-refractivity contribution in [2.24, 2.45) is 0 Å². The van der Waals surface area contributed by atoms with Gasteiger partial charge in [0, 0.05) is 12.8 Å². The topological polar surface area (TPSA) is 38.1 Å². The van der Waals surface area contributed by atoms with Gasteiger partial charge in [-0.2, -0.15) is 0 Å². The largest absolute Gasteiger partial charge is 0.446 e. The van der Waals surface area contributed by atoms with Gasteiger partial charge in [0.2, 0.25) is 0 Å². The first-order valence-electron chi connectivity index (χ1n) is 6.51. The van der Waals surface area contributed by atoms with Crippen LogP contribution in [-0.4, -0.2) is 18.1 Å². The van der Waals surface area contributed by atoms with Gasteiger partial charge < -0.3 is 9.73 Å². The second-order valence-corrected chi connectivity index (χ2v) is 4.18.